The number of nitro benzene ring substituents is 1. The molecule has 2 rings (SSSR count). The number of para-hydroxylation sites is 1. The third-order valence-electron chi connectivity index (χ3n) is 3.76. The molecule has 5 nitrogen and oxygen atoms in total. The van der Waals surface area contributed by atoms with E-state index < -0.39 is 0 Å². The first-order valence-electron chi connectivity index (χ1n) is 6.89. The zero-order valence-electron chi connectivity index (χ0n) is 11.3. The van der Waals surface area contributed by atoms with Crippen LogP contribution in [-0.4, -0.2) is 35.5 Å². The third kappa shape index (κ3) is 3.52. The van der Waals surface area contributed by atoms with Crippen molar-refractivity contribution in [3.05, 3.63) is 39.9 Å². The molecule has 1 N–H and O–H groups in total. The van der Waals surface area contributed by atoms with E-state index in [9.17, 15) is 10.1 Å². The molecule has 0 radical (unpaired) electrons. The quantitative estimate of drug-likeness (QED) is 0.653. The minimum atomic E-state index is -0.289. The van der Waals surface area contributed by atoms with Crippen LogP contribution in [0, 0.1) is 10.1 Å². The van der Waals surface area contributed by atoms with E-state index in [-0.39, 0.29) is 10.6 Å². The summed E-state index contributed by atoms with van der Waals surface area (Å²) in [7, 11) is 0. The molecule has 1 saturated heterocycles. The minimum absolute atomic E-state index is 0.227. The lowest BCUT2D eigenvalue weighted by atomic mass is 10.0. The molecule has 104 valence electrons. The molecule has 0 aromatic heterocycles. The van der Waals surface area contributed by atoms with Gasteiger partial charge in [0.2, 0.25) is 0 Å². The number of nitrogens with zero attached hydrogens (tertiary/aromatic N) is 2. The maximum Gasteiger partial charge on any atom is 0.273 e. The van der Waals surface area contributed by atoms with Crippen molar-refractivity contribution in [1.82, 2.24) is 10.2 Å². The van der Waals surface area contributed by atoms with E-state index in [4.69, 9.17) is 0 Å². The van der Waals surface area contributed by atoms with Gasteiger partial charge in [-0.05, 0) is 25.9 Å². The monoisotopic (exact) mass is 263 g/mol. The smallest absolute Gasteiger partial charge is 0.273 e. The highest BCUT2D eigenvalue weighted by molar-refractivity contribution is 5.39. The Bertz CT molecular complexity index is 430. The fourth-order valence-corrected chi connectivity index (χ4v) is 2.69. The number of piperidine rings is 1. The van der Waals surface area contributed by atoms with E-state index in [0.29, 0.717) is 12.6 Å². The first kappa shape index (κ1) is 14.0. The first-order chi connectivity index (χ1) is 9.22. The second-order valence-corrected chi connectivity index (χ2v) is 4.95. The summed E-state index contributed by atoms with van der Waals surface area (Å²) in [6.45, 7) is 5.75. The van der Waals surface area contributed by atoms with E-state index in [2.05, 4.69) is 17.1 Å². The van der Waals surface area contributed by atoms with E-state index in [1.807, 2.05) is 12.1 Å². The van der Waals surface area contributed by atoms with Gasteiger partial charge >= 0.3 is 0 Å². The van der Waals surface area contributed by atoms with Crippen LogP contribution in [-0.2, 0) is 6.54 Å². The van der Waals surface area contributed by atoms with E-state index in [0.717, 1.165) is 25.2 Å². The van der Waals surface area contributed by atoms with Crippen molar-refractivity contribution in [1.29, 1.82) is 0 Å². The highest BCUT2D eigenvalue weighted by Gasteiger charge is 2.22. The van der Waals surface area contributed by atoms with Crippen molar-refractivity contribution in [2.45, 2.75) is 32.4 Å². The molecule has 1 unspecified atom stereocenters. The summed E-state index contributed by atoms with van der Waals surface area (Å²) in [5, 5.41) is 14.4. The number of rotatable bonds is 5. The van der Waals surface area contributed by atoms with Crippen molar-refractivity contribution in [3.8, 4) is 0 Å². The van der Waals surface area contributed by atoms with Crippen LogP contribution in [0.1, 0.15) is 25.3 Å². The largest absolute Gasteiger partial charge is 0.315 e. The number of benzene rings is 1. The molecule has 5 heteroatoms. The van der Waals surface area contributed by atoms with Gasteiger partial charge in [-0.3, -0.25) is 15.0 Å². The second kappa shape index (κ2) is 6.63. The Hall–Kier alpha value is -1.46. The average molecular weight is 263 g/mol. The zero-order valence-corrected chi connectivity index (χ0v) is 11.3. The Kier molecular flexibility index (Phi) is 4.87. The lowest BCUT2D eigenvalue weighted by Crippen LogP contribution is -2.45. The molecule has 0 spiro atoms. The van der Waals surface area contributed by atoms with Gasteiger partial charge in [-0.2, -0.15) is 0 Å². The second-order valence-electron chi connectivity index (χ2n) is 4.95. The van der Waals surface area contributed by atoms with Gasteiger partial charge in [0.25, 0.3) is 5.69 Å². The lowest BCUT2D eigenvalue weighted by molar-refractivity contribution is -0.385. The Morgan fingerprint density at radius 1 is 1.47 bits per heavy atom. The van der Waals surface area contributed by atoms with Gasteiger partial charge in [0.15, 0.2) is 0 Å². The van der Waals surface area contributed by atoms with Crippen LogP contribution in [0.2, 0.25) is 0 Å². The SMILES string of the molecule is CCN(Cc1ccccc1[N+](=O)[O-])C1CCCNC1. The number of hydrogen-bond donors (Lipinski definition) is 1. The summed E-state index contributed by atoms with van der Waals surface area (Å²) in [6, 6.07) is 7.52. The van der Waals surface area contributed by atoms with Gasteiger partial charge in [-0.15, -0.1) is 0 Å². The van der Waals surface area contributed by atoms with E-state index in [1.54, 1.807) is 12.1 Å². The van der Waals surface area contributed by atoms with Gasteiger partial charge in [-0.1, -0.05) is 25.1 Å². The maximum absolute atomic E-state index is 11.0. The number of nitro groups is 1. The highest BCUT2D eigenvalue weighted by atomic mass is 16.6. The van der Waals surface area contributed by atoms with Crippen molar-refractivity contribution in [2.24, 2.45) is 0 Å². The van der Waals surface area contributed by atoms with Gasteiger partial charge in [-0.25, -0.2) is 0 Å². The summed E-state index contributed by atoms with van der Waals surface area (Å²) in [5.74, 6) is 0. The molecule has 1 aliphatic heterocycles. The Labute approximate surface area is 113 Å². The van der Waals surface area contributed by atoms with Crippen LogP contribution in [0.25, 0.3) is 0 Å². The van der Waals surface area contributed by atoms with Crippen LogP contribution < -0.4 is 5.32 Å². The van der Waals surface area contributed by atoms with Gasteiger partial charge in [0.05, 0.1) is 4.92 Å². The molecule has 0 aliphatic carbocycles. The molecule has 1 aliphatic rings. The molecule has 19 heavy (non-hydrogen) atoms. The fraction of sp³-hybridized carbons (Fsp3) is 0.571. The molecule has 0 amide bonds. The number of nitrogens with one attached hydrogen (secondary N) is 1. The molecule has 1 heterocycles. The predicted octanol–water partition coefficient (Wildman–Crippen LogP) is 2.17. The van der Waals surface area contributed by atoms with Crippen molar-refractivity contribution in [3.63, 3.8) is 0 Å². The van der Waals surface area contributed by atoms with Crippen LogP contribution in [0.3, 0.4) is 0 Å². The third-order valence-corrected chi connectivity index (χ3v) is 3.76. The van der Waals surface area contributed by atoms with Gasteiger partial charge < -0.3 is 5.32 Å². The van der Waals surface area contributed by atoms with Crippen LogP contribution in [0.5, 0.6) is 0 Å². The van der Waals surface area contributed by atoms with Crippen LogP contribution >= 0.6 is 0 Å². The van der Waals surface area contributed by atoms with Crippen LogP contribution in [0.4, 0.5) is 5.69 Å². The molecule has 1 fully saturated rings. The predicted molar refractivity (Wildman–Crippen MR) is 75.1 cm³/mol. The maximum atomic E-state index is 11.0. The highest BCUT2D eigenvalue weighted by Crippen LogP contribution is 2.21. The van der Waals surface area contributed by atoms with Gasteiger partial charge in [0.1, 0.15) is 0 Å². The number of likely N-dealkylation sites (N-methyl/N-ethyl adjacent to an activating group) is 1. The standard InChI is InChI=1S/C14H21N3O2/c1-2-16(13-7-5-9-15-10-13)11-12-6-3-4-8-14(12)17(18)19/h3-4,6,8,13,15H,2,5,7,9-11H2,1H3. The van der Waals surface area contributed by atoms with E-state index >= 15 is 0 Å². The zero-order chi connectivity index (χ0) is 13.7. The summed E-state index contributed by atoms with van der Waals surface area (Å²) in [4.78, 5) is 13.1. The van der Waals surface area contributed by atoms with Crippen molar-refractivity contribution in [2.75, 3.05) is 19.6 Å². The normalized spacial score (nSPS) is 19.6. The minimum Gasteiger partial charge on any atom is -0.315 e. The molecular weight excluding hydrogens is 242 g/mol. The summed E-state index contributed by atoms with van der Waals surface area (Å²) < 4.78 is 0. The Morgan fingerprint density at radius 3 is 2.89 bits per heavy atom. The van der Waals surface area contributed by atoms with Gasteiger partial charge in [0, 0.05) is 30.8 Å². The first-order valence-corrected chi connectivity index (χ1v) is 6.89. The number of hydrogen-bond acceptors (Lipinski definition) is 4. The Morgan fingerprint density at radius 2 is 2.26 bits per heavy atom. The fourth-order valence-electron chi connectivity index (χ4n) is 2.69. The molecule has 1 aromatic rings. The van der Waals surface area contributed by atoms with Crippen molar-refractivity contribution >= 4 is 5.69 Å². The average Bonchev–Trinajstić information content (AvgIpc) is 2.46. The summed E-state index contributed by atoms with van der Waals surface area (Å²) in [6.07, 6.45) is 2.35. The van der Waals surface area contributed by atoms with Crippen LogP contribution in [0.15, 0.2) is 24.3 Å². The Balaban J connectivity index is 2.11. The summed E-state index contributed by atoms with van der Waals surface area (Å²) >= 11 is 0. The summed E-state index contributed by atoms with van der Waals surface area (Å²) in [5.41, 5.74) is 1.03. The van der Waals surface area contributed by atoms with Crippen molar-refractivity contribution < 1.29 is 4.92 Å². The topological polar surface area (TPSA) is 58.4 Å². The molecule has 1 aromatic carbocycles. The van der Waals surface area contributed by atoms with E-state index in [1.165, 1.54) is 12.8 Å². The molecule has 0 saturated carbocycles. The lowest BCUT2D eigenvalue weighted by Gasteiger charge is -2.33. The molecule has 0 bridgehead atoms. The molecule has 1 atom stereocenters. The molecular formula is C14H21N3O2.